The van der Waals surface area contributed by atoms with Crippen molar-refractivity contribution in [1.82, 2.24) is 10.7 Å². The van der Waals surface area contributed by atoms with Crippen LogP contribution in [-0.4, -0.2) is 36.4 Å². The molecule has 0 unspecified atom stereocenters. The van der Waals surface area contributed by atoms with Crippen LogP contribution in [0.15, 0.2) is 77.5 Å². The summed E-state index contributed by atoms with van der Waals surface area (Å²) in [6.07, 6.45) is 1.47. The number of carbonyl (C=O) groups excluding carboxylic acids is 2. The molecule has 11 heteroatoms. The van der Waals surface area contributed by atoms with Crippen LogP contribution < -0.4 is 25.0 Å². The number of nitrogens with one attached hydrogen (secondary N) is 2. The highest BCUT2D eigenvalue weighted by Crippen LogP contribution is 2.33. The average Bonchev–Trinajstić information content (AvgIpc) is 3.39. The molecule has 1 aliphatic rings. The molecule has 0 aliphatic carbocycles. The van der Waals surface area contributed by atoms with Gasteiger partial charge in [0.05, 0.1) is 17.7 Å². The molecule has 2 N–H and O–H groups in total. The third-order valence-electron chi connectivity index (χ3n) is 5.35. The molecule has 0 aromatic heterocycles. The first kappa shape index (κ1) is 24.9. The van der Waals surface area contributed by atoms with E-state index in [-0.39, 0.29) is 23.9 Å². The SMILES string of the molecule is COc1ccc(C(C)=NNC(=O)C(=Cc2ccc3c(c2)OCO3)NC(=O)c2ccccc2)cc1[N+](=O)[O-]. The van der Waals surface area contributed by atoms with E-state index >= 15 is 0 Å². The Bertz CT molecular complexity index is 1420. The van der Waals surface area contributed by atoms with Gasteiger partial charge in [-0.2, -0.15) is 5.10 Å². The van der Waals surface area contributed by atoms with Crippen molar-refractivity contribution in [3.05, 3.63) is 99.2 Å². The quantitative estimate of drug-likeness (QED) is 0.207. The molecule has 0 spiro atoms. The van der Waals surface area contributed by atoms with Crippen molar-refractivity contribution in [2.24, 2.45) is 5.10 Å². The molecule has 3 aromatic carbocycles. The molecule has 0 bridgehead atoms. The highest BCUT2D eigenvalue weighted by Gasteiger charge is 2.18. The lowest BCUT2D eigenvalue weighted by molar-refractivity contribution is -0.385. The number of hydrogen-bond donors (Lipinski definition) is 2. The molecule has 37 heavy (non-hydrogen) atoms. The van der Waals surface area contributed by atoms with Gasteiger partial charge >= 0.3 is 5.69 Å². The molecule has 11 nitrogen and oxygen atoms in total. The molecule has 1 heterocycles. The summed E-state index contributed by atoms with van der Waals surface area (Å²) in [6, 6.07) is 17.8. The molecule has 0 atom stereocenters. The lowest BCUT2D eigenvalue weighted by atomic mass is 10.1. The van der Waals surface area contributed by atoms with Gasteiger partial charge in [0.1, 0.15) is 5.70 Å². The zero-order valence-corrected chi connectivity index (χ0v) is 19.9. The van der Waals surface area contributed by atoms with E-state index in [1.165, 1.54) is 25.3 Å². The van der Waals surface area contributed by atoms with Crippen LogP contribution >= 0.6 is 0 Å². The Morgan fingerprint density at radius 3 is 2.51 bits per heavy atom. The monoisotopic (exact) mass is 502 g/mol. The normalized spacial score (nSPS) is 12.6. The van der Waals surface area contributed by atoms with Crippen LogP contribution in [0.2, 0.25) is 0 Å². The summed E-state index contributed by atoms with van der Waals surface area (Å²) in [4.78, 5) is 36.6. The van der Waals surface area contributed by atoms with E-state index in [1.54, 1.807) is 61.5 Å². The lowest BCUT2D eigenvalue weighted by Crippen LogP contribution is -2.33. The minimum Gasteiger partial charge on any atom is -0.490 e. The Balaban J connectivity index is 1.60. The van der Waals surface area contributed by atoms with Gasteiger partial charge in [-0.15, -0.1) is 0 Å². The number of nitro benzene ring substituents is 1. The van der Waals surface area contributed by atoms with Gasteiger partial charge in [0.2, 0.25) is 6.79 Å². The van der Waals surface area contributed by atoms with Crippen LogP contribution in [0.5, 0.6) is 17.2 Å². The van der Waals surface area contributed by atoms with Crippen molar-refractivity contribution >= 4 is 29.3 Å². The Morgan fingerprint density at radius 2 is 1.78 bits per heavy atom. The molecule has 0 saturated carbocycles. The molecule has 188 valence electrons. The number of rotatable bonds is 8. The van der Waals surface area contributed by atoms with E-state index in [0.29, 0.717) is 33.9 Å². The van der Waals surface area contributed by atoms with E-state index in [1.807, 2.05) is 0 Å². The molecule has 0 radical (unpaired) electrons. The Kier molecular flexibility index (Phi) is 7.43. The standard InChI is InChI=1S/C26H22N4O7/c1-16(19-9-11-22(35-2)21(14-19)30(33)34)28-29-26(32)20(27-25(31)18-6-4-3-5-7-18)12-17-8-10-23-24(13-17)37-15-36-23/h3-14H,15H2,1-2H3,(H,27,31)(H,29,32). The molecular formula is C26H22N4O7. The highest BCUT2D eigenvalue weighted by molar-refractivity contribution is 6.06. The summed E-state index contributed by atoms with van der Waals surface area (Å²) in [6.45, 7) is 1.67. The number of carbonyl (C=O) groups is 2. The molecule has 1 aliphatic heterocycles. The second-order valence-corrected chi connectivity index (χ2v) is 7.77. The van der Waals surface area contributed by atoms with Gasteiger partial charge < -0.3 is 19.5 Å². The Hall–Kier alpha value is -5.19. The van der Waals surface area contributed by atoms with Crippen molar-refractivity contribution in [2.75, 3.05) is 13.9 Å². The second kappa shape index (κ2) is 11.0. The maximum atomic E-state index is 13.1. The number of hydrogen-bond acceptors (Lipinski definition) is 8. The first-order chi connectivity index (χ1) is 17.9. The fraction of sp³-hybridized carbons (Fsp3) is 0.115. The van der Waals surface area contributed by atoms with E-state index in [9.17, 15) is 19.7 Å². The number of amides is 2. The van der Waals surface area contributed by atoms with E-state index in [0.717, 1.165) is 0 Å². The summed E-state index contributed by atoms with van der Waals surface area (Å²) in [5.41, 5.74) is 3.72. The van der Waals surface area contributed by atoms with Gasteiger partial charge in [-0.05, 0) is 55.0 Å². The molecule has 0 fully saturated rings. The van der Waals surface area contributed by atoms with Crippen molar-refractivity contribution in [3.8, 4) is 17.2 Å². The number of benzene rings is 3. The number of nitrogens with zero attached hydrogens (tertiary/aromatic N) is 2. The number of methoxy groups -OCH3 is 1. The predicted octanol–water partition coefficient (Wildman–Crippen LogP) is 3.64. The summed E-state index contributed by atoms with van der Waals surface area (Å²) >= 11 is 0. The number of ether oxygens (including phenoxy) is 3. The summed E-state index contributed by atoms with van der Waals surface area (Å²) < 4.78 is 15.7. The minimum absolute atomic E-state index is 0.0787. The molecule has 2 amide bonds. The Morgan fingerprint density at radius 1 is 1.03 bits per heavy atom. The minimum atomic E-state index is -0.704. The van der Waals surface area contributed by atoms with Gasteiger partial charge in [0, 0.05) is 17.2 Å². The number of fused-ring (bicyclic) bond motifs is 1. The van der Waals surface area contributed by atoms with Crippen LogP contribution in [0, 0.1) is 10.1 Å². The fourth-order valence-electron chi connectivity index (χ4n) is 3.43. The molecule has 3 aromatic rings. The van der Waals surface area contributed by atoms with Gasteiger partial charge in [0.25, 0.3) is 11.8 Å². The van der Waals surface area contributed by atoms with Crippen molar-refractivity contribution in [2.45, 2.75) is 6.92 Å². The maximum Gasteiger partial charge on any atom is 0.311 e. The zero-order valence-electron chi connectivity index (χ0n) is 19.9. The third-order valence-corrected chi connectivity index (χ3v) is 5.35. The van der Waals surface area contributed by atoms with Crippen molar-refractivity contribution in [3.63, 3.8) is 0 Å². The van der Waals surface area contributed by atoms with Crippen molar-refractivity contribution in [1.29, 1.82) is 0 Å². The first-order valence-electron chi connectivity index (χ1n) is 11.0. The fourth-order valence-corrected chi connectivity index (χ4v) is 3.43. The lowest BCUT2D eigenvalue weighted by Gasteiger charge is -2.10. The largest absolute Gasteiger partial charge is 0.490 e. The van der Waals surface area contributed by atoms with Crippen LogP contribution in [0.1, 0.15) is 28.4 Å². The average molecular weight is 502 g/mol. The predicted molar refractivity (Wildman–Crippen MR) is 134 cm³/mol. The van der Waals surface area contributed by atoms with Gasteiger partial charge in [-0.3, -0.25) is 19.7 Å². The summed E-state index contributed by atoms with van der Waals surface area (Å²) in [7, 11) is 1.33. The van der Waals surface area contributed by atoms with Gasteiger partial charge in [0.15, 0.2) is 17.2 Å². The topological polar surface area (TPSA) is 141 Å². The van der Waals surface area contributed by atoms with Crippen LogP contribution in [-0.2, 0) is 4.79 Å². The van der Waals surface area contributed by atoms with E-state index in [2.05, 4.69) is 15.8 Å². The molecular weight excluding hydrogens is 480 g/mol. The van der Waals surface area contributed by atoms with E-state index < -0.39 is 16.7 Å². The Labute approximate surface area is 211 Å². The van der Waals surface area contributed by atoms with E-state index in [4.69, 9.17) is 14.2 Å². The van der Waals surface area contributed by atoms with Gasteiger partial charge in [-0.1, -0.05) is 24.3 Å². The molecule has 0 saturated heterocycles. The number of nitro groups is 1. The zero-order chi connectivity index (χ0) is 26.4. The third kappa shape index (κ3) is 5.90. The van der Waals surface area contributed by atoms with Crippen LogP contribution in [0.25, 0.3) is 6.08 Å². The second-order valence-electron chi connectivity index (χ2n) is 7.77. The highest BCUT2D eigenvalue weighted by atomic mass is 16.7. The molecule has 4 rings (SSSR count). The maximum absolute atomic E-state index is 13.1. The van der Waals surface area contributed by atoms with Gasteiger partial charge in [-0.25, -0.2) is 5.43 Å². The summed E-state index contributed by atoms with van der Waals surface area (Å²) in [5, 5.41) is 18.0. The van der Waals surface area contributed by atoms with Crippen LogP contribution in [0.3, 0.4) is 0 Å². The van der Waals surface area contributed by atoms with Crippen LogP contribution in [0.4, 0.5) is 5.69 Å². The smallest absolute Gasteiger partial charge is 0.311 e. The number of hydrazone groups is 1. The first-order valence-corrected chi connectivity index (χ1v) is 11.0. The summed E-state index contributed by atoms with van der Waals surface area (Å²) in [5.74, 6) is -0.00942. The van der Waals surface area contributed by atoms with Crippen molar-refractivity contribution < 1.29 is 28.7 Å².